The molecule has 0 amide bonds. The second-order valence-electron chi connectivity index (χ2n) is 2.42. The lowest BCUT2D eigenvalue weighted by molar-refractivity contribution is 0.861. The van der Waals surface area contributed by atoms with Crippen LogP contribution in [0, 0.1) is 6.92 Å². The van der Waals surface area contributed by atoms with E-state index in [0.717, 1.165) is 30.0 Å². The van der Waals surface area contributed by atoms with Gasteiger partial charge in [0.15, 0.2) is 0 Å². The van der Waals surface area contributed by atoms with Gasteiger partial charge in [0.05, 0.1) is 11.4 Å². The van der Waals surface area contributed by atoms with E-state index in [1.807, 2.05) is 6.92 Å². The van der Waals surface area contributed by atoms with Crippen LogP contribution in [0.15, 0.2) is 12.4 Å². The van der Waals surface area contributed by atoms with Crippen molar-refractivity contribution in [3.8, 4) is 0 Å². The molecule has 11 heavy (non-hydrogen) atoms. The zero-order chi connectivity index (χ0) is 8.10. The Labute approximate surface area is 72.5 Å². The summed E-state index contributed by atoms with van der Waals surface area (Å²) < 4.78 is 0. The molecule has 1 aromatic heterocycles. The van der Waals surface area contributed by atoms with Crippen LogP contribution in [0.2, 0.25) is 0 Å². The van der Waals surface area contributed by atoms with E-state index in [9.17, 15) is 0 Å². The molecular formula is C8H12N2S. The fraction of sp³-hybridized carbons (Fsp3) is 0.500. The topological polar surface area (TPSA) is 25.8 Å². The quantitative estimate of drug-likeness (QED) is 0.694. The van der Waals surface area contributed by atoms with Crippen LogP contribution >= 0.6 is 12.6 Å². The molecule has 0 atom stereocenters. The summed E-state index contributed by atoms with van der Waals surface area (Å²) in [6.45, 7) is 1.99. The van der Waals surface area contributed by atoms with E-state index in [0.29, 0.717) is 0 Å². The van der Waals surface area contributed by atoms with Gasteiger partial charge >= 0.3 is 0 Å². The molecule has 0 bridgehead atoms. The van der Waals surface area contributed by atoms with Gasteiger partial charge in [0.25, 0.3) is 0 Å². The molecule has 0 aliphatic carbocycles. The summed E-state index contributed by atoms with van der Waals surface area (Å²) >= 11 is 4.14. The molecule has 60 valence electrons. The van der Waals surface area contributed by atoms with Crippen molar-refractivity contribution in [2.24, 2.45) is 0 Å². The Hall–Kier alpha value is -0.570. The van der Waals surface area contributed by atoms with Crippen molar-refractivity contribution in [2.45, 2.75) is 19.8 Å². The molecule has 0 aromatic carbocycles. The standard InChI is InChI=1S/C8H12N2S/c1-7-8(3-2-6-11)10-5-4-9-7/h4-5,11H,2-3,6H2,1H3. The second-order valence-corrected chi connectivity index (χ2v) is 2.86. The zero-order valence-electron chi connectivity index (χ0n) is 6.62. The molecule has 0 unspecified atom stereocenters. The third-order valence-corrected chi connectivity index (χ3v) is 1.87. The average molecular weight is 168 g/mol. The fourth-order valence-corrected chi connectivity index (χ4v) is 1.09. The van der Waals surface area contributed by atoms with Crippen molar-refractivity contribution in [1.82, 2.24) is 9.97 Å². The molecule has 0 N–H and O–H groups in total. The number of nitrogens with zero attached hydrogens (tertiary/aromatic N) is 2. The summed E-state index contributed by atoms with van der Waals surface area (Å²) in [6.07, 6.45) is 5.52. The van der Waals surface area contributed by atoms with Crippen LogP contribution in [0.25, 0.3) is 0 Å². The van der Waals surface area contributed by atoms with Gasteiger partial charge in [-0.2, -0.15) is 12.6 Å². The Bertz CT molecular complexity index is 225. The maximum atomic E-state index is 4.22. The highest BCUT2D eigenvalue weighted by Gasteiger charge is 1.97. The molecule has 2 nitrogen and oxygen atoms in total. The predicted molar refractivity (Wildman–Crippen MR) is 48.9 cm³/mol. The Kier molecular flexibility index (Phi) is 3.36. The van der Waals surface area contributed by atoms with Gasteiger partial charge in [-0.1, -0.05) is 0 Å². The minimum absolute atomic E-state index is 0.913. The van der Waals surface area contributed by atoms with Crippen molar-refractivity contribution in [3.05, 3.63) is 23.8 Å². The minimum atomic E-state index is 0.913. The third kappa shape index (κ3) is 2.50. The van der Waals surface area contributed by atoms with Crippen LogP contribution < -0.4 is 0 Å². The summed E-state index contributed by atoms with van der Waals surface area (Å²) in [7, 11) is 0. The highest BCUT2D eigenvalue weighted by Crippen LogP contribution is 2.02. The lowest BCUT2D eigenvalue weighted by Crippen LogP contribution is -1.96. The zero-order valence-corrected chi connectivity index (χ0v) is 7.51. The van der Waals surface area contributed by atoms with Gasteiger partial charge in [0.2, 0.25) is 0 Å². The smallest absolute Gasteiger partial charge is 0.0616 e. The summed E-state index contributed by atoms with van der Waals surface area (Å²) in [5, 5.41) is 0. The first-order valence-electron chi connectivity index (χ1n) is 3.72. The van der Waals surface area contributed by atoms with Crippen LogP contribution in [0.4, 0.5) is 0 Å². The average Bonchev–Trinajstić information content (AvgIpc) is 2.03. The highest BCUT2D eigenvalue weighted by atomic mass is 32.1. The van der Waals surface area contributed by atoms with Crippen LogP contribution in [-0.2, 0) is 6.42 Å². The van der Waals surface area contributed by atoms with Crippen molar-refractivity contribution in [3.63, 3.8) is 0 Å². The third-order valence-electron chi connectivity index (χ3n) is 1.55. The van der Waals surface area contributed by atoms with Crippen LogP contribution in [0.1, 0.15) is 17.8 Å². The number of aryl methyl sites for hydroxylation is 2. The summed E-state index contributed by atoms with van der Waals surface area (Å²) in [5.74, 6) is 0.913. The Balaban J connectivity index is 2.62. The van der Waals surface area contributed by atoms with Crippen LogP contribution in [0.5, 0.6) is 0 Å². The van der Waals surface area contributed by atoms with Crippen LogP contribution in [0.3, 0.4) is 0 Å². The molecule has 1 aromatic rings. The molecule has 1 rings (SSSR count). The van der Waals surface area contributed by atoms with Gasteiger partial charge in [-0.15, -0.1) is 0 Å². The van der Waals surface area contributed by atoms with Crippen molar-refractivity contribution in [2.75, 3.05) is 5.75 Å². The first-order chi connectivity index (χ1) is 5.34. The number of rotatable bonds is 3. The Morgan fingerprint density at radius 1 is 1.36 bits per heavy atom. The number of thiol groups is 1. The molecule has 0 aliphatic heterocycles. The van der Waals surface area contributed by atoms with E-state index in [-0.39, 0.29) is 0 Å². The molecule has 3 heteroatoms. The first kappa shape index (κ1) is 8.53. The van der Waals surface area contributed by atoms with Crippen molar-refractivity contribution in [1.29, 1.82) is 0 Å². The van der Waals surface area contributed by atoms with Gasteiger partial charge in [-0.3, -0.25) is 9.97 Å². The van der Waals surface area contributed by atoms with Gasteiger partial charge in [-0.05, 0) is 25.5 Å². The minimum Gasteiger partial charge on any atom is -0.258 e. The maximum absolute atomic E-state index is 4.22. The largest absolute Gasteiger partial charge is 0.258 e. The maximum Gasteiger partial charge on any atom is 0.0616 e. The molecule has 0 saturated heterocycles. The van der Waals surface area contributed by atoms with E-state index < -0.39 is 0 Å². The molecular weight excluding hydrogens is 156 g/mol. The number of hydrogen-bond donors (Lipinski definition) is 1. The van der Waals surface area contributed by atoms with Gasteiger partial charge in [-0.25, -0.2) is 0 Å². The lowest BCUT2D eigenvalue weighted by atomic mass is 10.2. The molecule has 0 radical (unpaired) electrons. The molecule has 0 aliphatic rings. The molecule has 0 spiro atoms. The SMILES string of the molecule is Cc1nccnc1CCCS. The molecule has 1 heterocycles. The van der Waals surface area contributed by atoms with Crippen molar-refractivity contribution < 1.29 is 0 Å². The van der Waals surface area contributed by atoms with E-state index in [2.05, 4.69) is 22.6 Å². The summed E-state index contributed by atoms with van der Waals surface area (Å²) in [4.78, 5) is 8.36. The fourth-order valence-electron chi connectivity index (χ4n) is 0.928. The van der Waals surface area contributed by atoms with E-state index in [1.165, 1.54) is 0 Å². The monoisotopic (exact) mass is 168 g/mol. The van der Waals surface area contributed by atoms with Crippen molar-refractivity contribution >= 4 is 12.6 Å². The highest BCUT2D eigenvalue weighted by molar-refractivity contribution is 7.80. The Morgan fingerprint density at radius 3 is 2.73 bits per heavy atom. The predicted octanol–water partition coefficient (Wildman–Crippen LogP) is 1.65. The lowest BCUT2D eigenvalue weighted by Gasteiger charge is -2.00. The second kappa shape index (κ2) is 4.34. The summed E-state index contributed by atoms with van der Waals surface area (Å²) in [6, 6.07) is 0. The van der Waals surface area contributed by atoms with Gasteiger partial charge in [0, 0.05) is 12.4 Å². The Morgan fingerprint density at radius 2 is 2.09 bits per heavy atom. The normalized spacial score (nSPS) is 10.0. The van der Waals surface area contributed by atoms with E-state index in [1.54, 1.807) is 12.4 Å². The number of hydrogen-bond acceptors (Lipinski definition) is 3. The number of aromatic nitrogens is 2. The van der Waals surface area contributed by atoms with Gasteiger partial charge in [0.1, 0.15) is 0 Å². The van der Waals surface area contributed by atoms with Crippen LogP contribution in [-0.4, -0.2) is 15.7 Å². The van der Waals surface area contributed by atoms with E-state index in [4.69, 9.17) is 0 Å². The molecule has 0 fully saturated rings. The van der Waals surface area contributed by atoms with E-state index >= 15 is 0 Å². The first-order valence-corrected chi connectivity index (χ1v) is 4.35. The van der Waals surface area contributed by atoms with Gasteiger partial charge < -0.3 is 0 Å². The molecule has 0 saturated carbocycles. The summed E-state index contributed by atoms with van der Waals surface area (Å²) in [5.41, 5.74) is 2.14.